The zero-order valence-corrected chi connectivity index (χ0v) is 10.7. The van der Waals surface area contributed by atoms with Crippen molar-refractivity contribution in [2.24, 2.45) is 5.73 Å². The zero-order chi connectivity index (χ0) is 12.4. The van der Waals surface area contributed by atoms with Crippen molar-refractivity contribution < 1.29 is 4.74 Å². The van der Waals surface area contributed by atoms with Crippen LogP contribution in [-0.2, 0) is 24.1 Å². The molecule has 0 spiro atoms. The molecule has 1 aromatic rings. The molecule has 6 nitrogen and oxygen atoms in total. The van der Waals surface area contributed by atoms with Crippen molar-refractivity contribution in [3.63, 3.8) is 0 Å². The minimum Gasteiger partial charge on any atom is -0.379 e. The summed E-state index contributed by atoms with van der Waals surface area (Å²) in [5.41, 5.74) is 5.95. The fourth-order valence-electron chi connectivity index (χ4n) is 2.57. The molecule has 1 saturated heterocycles. The van der Waals surface area contributed by atoms with Crippen LogP contribution in [0.5, 0.6) is 0 Å². The van der Waals surface area contributed by atoms with Crippen LogP contribution >= 0.6 is 0 Å². The third kappa shape index (κ3) is 2.71. The molecule has 3 heterocycles. The Morgan fingerprint density at radius 2 is 2.11 bits per heavy atom. The summed E-state index contributed by atoms with van der Waals surface area (Å²) in [5.74, 6) is 2.02. The summed E-state index contributed by atoms with van der Waals surface area (Å²) in [5, 5.41) is 4.56. The van der Waals surface area contributed by atoms with Gasteiger partial charge in [0.15, 0.2) is 5.82 Å². The second kappa shape index (κ2) is 5.34. The van der Waals surface area contributed by atoms with Crippen molar-refractivity contribution in [3.8, 4) is 0 Å². The number of ether oxygens (including phenoxy) is 1. The summed E-state index contributed by atoms with van der Waals surface area (Å²) in [7, 11) is 0. The average Bonchev–Trinajstić information content (AvgIpc) is 2.79. The molecule has 3 rings (SSSR count). The van der Waals surface area contributed by atoms with Crippen LogP contribution in [-0.4, -0.2) is 58.6 Å². The molecule has 0 aliphatic carbocycles. The predicted molar refractivity (Wildman–Crippen MR) is 67.3 cm³/mol. The minimum atomic E-state index is 0.258. The molecule has 6 heteroatoms. The lowest BCUT2D eigenvalue weighted by Gasteiger charge is -2.25. The predicted octanol–water partition coefficient (Wildman–Crippen LogP) is -0.574. The topological polar surface area (TPSA) is 69.2 Å². The molecule has 0 saturated carbocycles. The van der Waals surface area contributed by atoms with E-state index in [-0.39, 0.29) is 6.04 Å². The lowest BCUT2D eigenvalue weighted by molar-refractivity contribution is 0.0382. The molecule has 2 aliphatic rings. The van der Waals surface area contributed by atoms with Crippen LogP contribution in [0.3, 0.4) is 0 Å². The Morgan fingerprint density at radius 1 is 1.28 bits per heavy atom. The first-order valence-electron chi connectivity index (χ1n) is 6.79. The molecule has 0 bridgehead atoms. The van der Waals surface area contributed by atoms with E-state index in [2.05, 4.69) is 15.0 Å². The highest BCUT2D eigenvalue weighted by Gasteiger charge is 2.19. The van der Waals surface area contributed by atoms with E-state index in [1.165, 1.54) is 0 Å². The maximum Gasteiger partial charge on any atom is 0.152 e. The van der Waals surface area contributed by atoms with Gasteiger partial charge in [0.2, 0.25) is 0 Å². The van der Waals surface area contributed by atoms with Crippen molar-refractivity contribution in [1.29, 1.82) is 0 Å². The maximum absolute atomic E-state index is 5.95. The minimum absolute atomic E-state index is 0.258. The number of rotatable bonds is 3. The van der Waals surface area contributed by atoms with E-state index in [0.717, 1.165) is 70.3 Å². The van der Waals surface area contributed by atoms with Crippen molar-refractivity contribution >= 4 is 0 Å². The van der Waals surface area contributed by atoms with E-state index in [0.29, 0.717) is 0 Å². The van der Waals surface area contributed by atoms with E-state index in [1.807, 2.05) is 4.68 Å². The first kappa shape index (κ1) is 12.1. The van der Waals surface area contributed by atoms with Gasteiger partial charge < -0.3 is 10.5 Å². The van der Waals surface area contributed by atoms with E-state index in [4.69, 9.17) is 10.5 Å². The van der Waals surface area contributed by atoms with Crippen LogP contribution in [0.1, 0.15) is 18.1 Å². The van der Waals surface area contributed by atoms with Gasteiger partial charge in [-0.1, -0.05) is 0 Å². The molecule has 0 radical (unpaired) electrons. The number of hydrogen-bond donors (Lipinski definition) is 1. The first-order valence-corrected chi connectivity index (χ1v) is 6.79. The standard InChI is InChI=1S/C12H21N5O/c13-10-1-4-17-12(9-10)14-11(15-17)2-3-16-5-7-18-8-6-16/h10H,1-9,13H2. The van der Waals surface area contributed by atoms with E-state index in [1.54, 1.807) is 0 Å². The Hall–Kier alpha value is -0.980. The Bertz CT molecular complexity index is 399. The van der Waals surface area contributed by atoms with Gasteiger partial charge in [-0.05, 0) is 6.42 Å². The van der Waals surface area contributed by atoms with Gasteiger partial charge in [0.25, 0.3) is 0 Å². The second-order valence-electron chi connectivity index (χ2n) is 5.12. The van der Waals surface area contributed by atoms with Gasteiger partial charge in [-0.3, -0.25) is 4.90 Å². The first-order chi connectivity index (χ1) is 8.81. The van der Waals surface area contributed by atoms with Crippen LogP contribution in [0.15, 0.2) is 0 Å². The largest absolute Gasteiger partial charge is 0.379 e. The van der Waals surface area contributed by atoms with E-state index in [9.17, 15) is 0 Å². The Labute approximate surface area is 107 Å². The summed E-state index contributed by atoms with van der Waals surface area (Å²) in [4.78, 5) is 7.01. The molecule has 18 heavy (non-hydrogen) atoms. The molecule has 2 aliphatic heterocycles. The third-order valence-electron chi connectivity index (χ3n) is 3.70. The van der Waals surface area contributed by atoms with E-state index < -0.39 is 0 Å². The van der Waals surface area contributed by atoms with Crippen molar-refractivity contribution in [2.45, 2.75) is 31.8 Å². The van der Waals surface area contributed by atoms with Crippen LogP contribution < -0.4 is 5.73 Å². The fraction of sp³-hybridized carbons (Fsp3) is 0.833. The summed E-state index contributed by atoms with van der Waals surface area (Å²) >= 11 is 0. The number of nitrogens with zero attached hydrogens (tertiary/aromatic N) is 4. The maximum atomic E-state index is 5.95. The van der Waals surface area contributed by atoms with Gasteiger partial charge >= 0.3 is 0 Å². The molecule has 1 atom stereocenters. The third-order valence-corrected chi connectivity index (χ3v) is 3.70. The highest BCUT2D eigenvalue weighted by atomic mass is 16.5. The Kier molecular flexibility index (Phi) is 3.58. The molecule has 0 aromatic carbocycles. The summed E-state index contributed by atoms with van der Waals surface area (Å²) < 4.78 is 7.36. The smallest absolute Gasteiger partial charge is 0.152 e. The Balaban J connectivity index is 1.56. The molecule has 1 aromatic heterocycles. The van der Waals surface area contributed by atoms with Gasteiger partial charge in [0, 0.05) is 45.1 Å². The van der Waals surface area contributed by atoms with Crippen LogP contribution in [0.4, 0.5) is 0 Å². The van der Waals surface area contributed by atoms with Gasteiger partial charge in [0.1, 0.15) is 5.82 Å². The van der Waals surface area contributed by atoms with Gasteiger partial charge in [-0.2, -0.15) is 5.10 Å². The molecule has 1 unspecified atom stereocenters. The lowest BCUT2D eigenvalue weighted by atomic mass is 10.1. The Morgan fingerprint density at radius 3 is 2.94 bits per heavy atom. The fourth-order valence-corrected chi connectivity index (χ4v) is 2.57. The average molecular weight is 251 g/mol. The number of morpholine rings is 1. The van der Waals surface area contributed by atoms with Gasteiger partial charge in [-0.15, -0.1) is 0 Å². The highest BCUT2D eigenvalue weighted by molar-refractivity contribution is 4.99. The molecule has 1 fully saturated rings. The number of aryl methyl sites for hydroxylation is 1. The number of hydrogen-bond acceptors (Lipinski definition) is 5. The normalized spacial score (nSPS) is 25.1. The second-order valence-corrected chi connectivity index (χ2v) is 5.12. The lowest BCUT2D eigenvalue weighted by Crippen LogP contribution is -2.37. The molecule has 100 valence electrons. The molecular weight excluding hydrogens is 230 g/mol. The molecule has 2 N–H and O–H groups in total. The van der Waals surface area contributed by atoms with Crippen molar-refractivity contribution in [1.82, 2.24) is 19.7 Å². The van der Waals surface area contributed by atoms with Crippen molar-refractivity contribution in [2.75, 3.05) is 32.8 Å². The van der Waals surface area contributed by atoms with E-state index >= 15 is 0 Å². The van der Waals surface area contributed by atoms with Gasteiger partial charge in [0.05, 0.1) is 13.2 Å². The van der Waals surface area contributed by atoms with Crippen LogP contribution in [0.2, 0.25) is 0 Å². The number of nitrogens with two attached hydrogens (primary N) is 1. The summed E-state index contributed by atoms with van der Waals surface area (Å²) in [6, 6.07) is 0.258. The van der Waals surface area contributed by atoms with Crippen LogP contribution in [0.25, 0.3) is 0 Å². The molecular formula is C12H21N5O. The monoisotopic (exact) mass is 251 g/mol. The van der Waals surface area contributed by atoms with Crippen LogP contribution in [0, 0.1) is 0 Å². The highest BCUT2D eigenvalue weighted by Crippen LogP contribution is 2.12. The van der Waals surface area contributed by atoms with Gasteiger partial charge in [-0.25, -0.2) is 9.67 Å². The van der Waals surface area contributed by atoms with Crippen molar-refractivity contribution in [3.05, 3.63) is 11.6 Å². The quantitative estimate of drug-likeness (QED) is 0.779. The summed E-state index contributed by atoms with van der Waals surface area (Å²) in [6.07, 6.45) is 2.80. The molecule has 0 amide bonds. The summed E-state index contributed by atoms with van der Waals surface area (Å²) in [6.45, 7) is 5.70. The number of fused-ring (bicyclic) bond motifs is 1. The number of aromatic nitrogens is 3. The SMILES string of the molecule is NC1CCn2nc(CCN3CCOCC3)nc2C1. The zero-order valence-electron chi connectivity index (χ0n) is 10.7.